The molecule has 1 aliphatic carbocycles. The van der Waals surface area contributed by atoms with Crippen molar-refractivity contribution in [2.45, 2.75) is 31.6 Å². The Bertz CT molecular complexity index is 436. The second-order valence-electron chi connectivity index (χ2n) is 5.29. The monoisotopic (exact) mass is 311 g/mol. The van der Waals surface area contributed by atoms with Crippen LogP contribution in [0.15, 0.2) is 10.7 Å². The second kappa shape index (κ2) is 5.13. The maximum Gasteiger partial charge on any atom is 0.135 e. The molecule has 0 amide bonds. The van der Waals surface area contributed by atoms with E-state index in [9.17, 15) is 0 Å². The molecule has 4 nitrogen and oxygen atoms in total. The molecule has 0 bridgehead atoms. The van der Waals surface area contributed by atoms with Crippen LogP contribution in [0.4, 0.5) is 5.82 Å². The van der Waals surface area contributed by atoms with Crippen molar-refractivity contribution in [2.24, 2.45) is 5.92 Å². The van der Waals surface area contributed by atoms with E-state index >= 15 is 0 Å². The standard InChI is InChI=1S/C13H18BrN3O/c14-11-7-12(16-13(15-11)10-1-2-10)17-5-3-9(8-17)4-6-18/h7,9-10,18H,1-6,8H2. The third-order valence-corrected chi connectivity index (χ3v) is 4.19. The van der Waals surface area contributed by atoms with Crippen molar-refractivity contribution in [3.8, 4) is 0 Å². The van der Waals surface area contributed by atoms with Gasteiger partial charge in [0.1, 0.15) is 16.2 Å². The summed E-state index contributed by atoms with van der Waals surface area (Å²) in [5.74, 6) is 3.22. The van der Waals surface area contributed by atoms with Gasteiger partial charge in [-0.1, -0.05) is 0 Å². The van der Waals surface area contributed by atoms with Crippen LogP contribution in [-0.2, 0) is 0 Å². The van der Waals surface area contributed by atoms with E-state index in [4.69, 9.17) is 10.1 Å². The van der Waals surface area contributed by atoms with Crippen molar-refractivity contribution < 1.29 is 5.11 Å². The zero-order chi connectivity index (χ0) is 12.5. The third kappa shape index (κ3) is 2.67. The molecule has 0 aromatic carbocycles. The summed E-state index contributed by atoms with van der Waals surface area (Å²) < 4.78 is 0.889. The number of hydrogen-bond donors (Lipinski definition) is 1. The largest absolute Gasteiger partial charge is 0.396 e. The first-order valence-electron chi connectivity index (χ1n) is 6.66. The summed E-state index contributed by atoms with van der Waals surface area (Å²) in [6.07, 6.45) is 4.51. The van der Waals surface area contributed by atoms with Crippen LogP contribution in [0.5, 0.6) is 0 Å². The van der Waals surface area contributed by atoms with Gasteiger partial charge in [-0.05, 0) is 47.5 Å². The summed E-state index contributed by atoms with van der Waals surface area (Å²) in [6, 6.07) is 2.01. The summed E-state index contributed by atoms with van der Waals surface area (Å²) in [4.78, 5) is 11.5. The number of anilines is 1. The number of rotatable bonds is 4. The quantitative estimate of drug-likeness (QED) is 0.867. The lowest BCUT2D eigenvalue weighted by Crippen LogP contribution is -2.21. The van der Waals surface area contributed by atoms with Gasteiger partial charge in [-0.15, -0.1) is 0 Å². The number of aliphatic hydroxyl groups excluding tert-OH is 1. The number of halogens is 1. The van der Waals surface area contributed by atoms with Crippen LogP contribution in [0.1, 0.15) is 37.4 Å². The first kappa shape index (κ1) is 12.4. The Labute approximate surface area is 116 Å². The lowest BCUT2D eigenvalue weighted by molar-refractivity contribution is 0.263. The minimum Gasteiger partial charge on any atom is -0.396 e. The lowest BCUT2D eigenvalue weighted by Gasteiger charge is -2.18. The van der Waals surface area contributed by atoms with Crippen molar-refractivity contribution >= 4 is 21.7 Å². The van der Waals surface area contributed by atoms with Crippen LogP contribution in [-0.4, -0.2) is 34.8 Å². The first-order chi connectivity index (χ1) is 8.76. The minimum atomic E-state index is 0.291. The van der Waals surface area contributed by atoms with Crippen molar-refractivity contribution in [1.29, 1.82) is 0 Å². The van der Waals surface area contributed by atoms with Crippen molar-refractivity contribution in [3.05, 3.63) is 16.5 Å². The molecule has 2 fully saturated rings. The molecule has 1 aliphatic heterocycles. The van der Waals surface area contributed by atoms with E-state index < -0.39 is 0 Å². The zero-order valence-corrected chi connectivity index (χ0v) is 11.9. The Hall–Kier alpha value is -0.680. The normalized spacial score (nSPS) is 23.7. The number of hydrogen-bond acceptors (Lipinski definition) is 4. The third-order valence-electron chi connectivity index (χ3n) is 3.79. The molecular weight excluding hydrogens is 294 g/mol. The lowest BCUT2D eigenvalue weighted by atomic mass is 10.1. The molecule has 1 saturated carbocycles. The highest BCUT2D eigenvalue weighted by atomic mass is 79.9. The Kier molecular flexibility index (Phi) is 3.52. The smallest absolute Gasteiger partial charge is 0.135 e. The molecule has 1 aromatic heterocycles. The molecule has 98 valence electrons. The molecule has 1 aromatic rings. The highest BCUT2D eigenvalue weighted by Gasteiger charge is 2.29. The van der Waals surface area contributed by atoms with Gasteiger partial charge in [-0.2, -0.15) is 0 Å². The molecule has 2 aliphatic rings. The summed E-state index contributed by atoms with van der Waals surface area (Å²) in [5.41, 5.74) is 0. The molecule has 0 spiro atoms. The molecule has 2 heterocycles. The average molecular weight is 312 g/mol. The fraction of sp³-hybridized carbons (Fsp3) is 0.692. The second-order valence-corrected chi connectivity index (χ2v) is 6.11. The van der Waals surface area contributed by atoms with E-state index in [0.717, 1.165) is 42.2 Å². The van der Waals surface area contributed by atoms with Gasteiger partial charge in [0, 0.05) is 31.7 Å². The van der Waals surface area contributed by atoms with E-state index in [1.54, 1.807) is 0 Å². The van der Waals surface area contributed by atoms with Gasteiger partial charge in [-0.3, -0.25) is 0 Å². The van der Waals surface area contributed by atoms with Crippen molar-refractivity contribution in [1.82, 2.24) is 9.97 Å². The van der Waals surface area contributed by atoms with E-state index in [1.807, 2.05) is 6.07 Å². The van der Waals surface area contributed by atoms with Crippen LogP contribution >= 0.6 is 15.9 Å². The van der Waals surface area contributed by atoms with Crippen LogP contribution in [0.2, 0.25) is 0 Å². The molecule has 5 heteroatoms. The van der Waals surface area contributed by atoms with Gasteiger partial charge in [-0.25, -0.2) is 9.97 Å². The minimum absolute atomic E-state index is 0.291. The van der Waals surface area contributed by atoms with Gasteiger partial charge in [0.25, 0.3) is 0 Å². The fourth-order valence-electron chi connectivity index (χ4n) is 2.57. The Morgan fingerprint density at radius 1 is 1.33 bits per heavy atom. The maximum absolute atomic E-state index is 9.00. The van der Waals surface area contributed by atoms with Gasteiger partial charge in [0.15, 0.2) is 0 Å². The predicted molar refractivity (Wildman–Crippen MR) is 73.7 cm³/mol. The van der Waals surface area contributed by atoms with Crippen molar-refractivity contribution in [2.75, 3.05) is 24.6 Å². The first-order valence-corrected chi connectivity index (χ1v) is 7.46. The molecule has 18 heavy (non-hydrogen) atoms. The van der Waals surface area contributed by atoms with E-state index in [0.29, 0.717) is 18.4 Å². The molecule has 0 radical (unpaired) electrons. The SMILES string of the molecule is OCCC1CCN(c2cc(Br)nc(C3CC3)n2)C1. The van der Waals surface area contributed by atoms with Crippen LogP contribution in [0, 0.1) is 5.92 Å². The van der Waals surface area contributed by atoms with Gasteiger partial charge < -0.3 is 10.0 Å². The average Bonchev–Trinajstić information content (AvgIpc) is 3.10. The summed E-state index contributed by atoms with van der Waals surface area (Å²) in [7, 11) is 0. The fourth-order valence-corrected chi connectivity index (χ4v) is 2.95. The van der Waals surface area contributed by atoms with Crippen molar-refractivity contribution in [3.63, 3.8) is 0 Å². The Morgan fingerprint density at radius 3 is 2.89 bits per heavy atom. The van der Waals surface area contributed by atoms with Gasteiger partial charge in [0.2, 0.25) is 0 Å². The molecular formula is C13H18BrN3O. The van der Waals surface area contributed by atoms with Crippen LogP contribution in [0.25, 0.3) is 0 Å². The molecule has 1 unspecified atom stereocenters. The van der Waals surface area contributed by atoms with Gasteiger partial charge in [0.05, 0.1) is 0 Å². The van der Waals surface area contributed by atoms with E-state index in [-0.39, 0.29) is 0 Å². The van der Waals surface area contributed by atoms with Crippen LogP contribution < -0.4 is 4.90 Å². The number of aliphatic hydroxyl groups is 1. The number of nitrogens with zero attached hydrogens (tertiary/aromatic N) is 3. The van der Waals surface area contributed by atoms with Gasteiger partial charge >= 0.3 is 0 Å². The molecule has 3 rings (SSSR count). The topological polar surface area (TPSA) is 49.2 Å². The maximum atomic E-state index is 9.00. The van der Waals surface area contributed by atoms with E-state index in [1.165, 1.54) is 12.8 Å². The highest BCUT2D eigenvalue weighted by molar-refractivity contribution is 9.10. The Morgan fingerprint density at radius 2 is 2.17 bits per heavy atom. The van der Waals surface area contributed by atoms with Crippen LogP contribution in [0.3, 0.4) is 0 Å². The molecule has 1 atom stereocenters. The predicted octanol–water partition coefficient (Wildman–Crippen LogP) is 2.33. The summed E-state index contributed by atoms with van der Waals surface area (Å²) in [6.45, 7) is 2.34. The zero-order valence-electron chi connectivity index (χ0n) is 10.3. The molecule has 1 saturated heterocycles. The number of aromatic nitrogens is 2. The molecule has 1 N–H and O–H groups in total. The Balaban J connectivity index is 1.75. The summed E-state index contributed by atoms with van der Waals surface area (Å²) in [5, 5.41) is 9.00. The van der Waals surface area contributed by atoms with E-state index in [2.05, 4.69) is 25.8 Å². The summed E-state index contributed by atoms with van der Waals surface area (Å²) >= 11 is 3.48. The highest BCUT2D eigenvalue weighted by Crippen LogP contribution is 2.39.